The van der Waals surface area contributed by atoms with Crippen molar-refractivity contribution in [2.45, 2.75) is 12.7 Å². The summed E-state index contributed by atoms with van der Waals surface area (Å²) >= 11 is 0. The Bertz CT molecular complexity index is 995. The molecule has 0 unspecified atom stereocenters. The number of hydrogen-bond acceptors (Lipinski definition) is 4. The molecule has 0 aliphatic rings. The summed E-state index contributed by atoms with van der Waals surface area (Å²) < 4.78 is 44.6. The second-order valence-corrected chi connectivity index (χ2v) is 5.98. The zero-order valence-electron chi connectivity index (χ0n) is 15.3. The number of hydrogen-bond donors (Lipinski definition) is 2. The van der Waals surface area contributed by atoms with E-state index in [9.17, 15) is 18.0 Å². The number of nitrogens with zero attached hydrogens (tertiary/aromatic N) is 2. The van der Waals surface area contributed by atoms with E-state index in [0.717, 1.165) is 6.07 Å². The molecule has 29 heavy (non-hydrogen) atoms. The molecule has 9 heteroatoms. The van der Waals surface area contributed by atoms with Gasteiger partial charge >= 0.3 is 12.2 Å². The van der Waals surface area contributed by atoms with E-state index in [4.69, 9.17) is 4.74 Å². The first kappa shape index (κ1) is 20.1. The standard InChI is InChI=1S/C20H17F3N4O2/c1-29-16-6-2-4-13(10-16)18-14(7-8-17(27-18)20(21,22)23)11-25-19(28)26-15-5-3-9-24-12-15/h2-10,12H,11H2,1H3,(H2,25,26,28). The van der Waals surface area contributed by atoms with Crippen molar-refractivity contribution in [2.24, 2.45) is 0 Å². The molecule has 1 aromatic carbocycles. The Kier molecular flexibility index (Phi) is 5.96. The van der Waals surface area contributed by atoms with Crippen LogP contribution in [0.5, 0.6) is 5.75 Å². The lowest BCUT2D eigenvalue weighted by Crippen LogP contribution is -2.28. The molecule has 2 amide bonds. The minimum absolute atomic E-state index is 0.0240. The van der Waals surface area contributed by atoms with E-state index >= 15 is 0 Å². The summed E-state index contributed by atoms with van der Waals surface area (Å²) in [6.45, 7) is -0.0240. The lowest BCUT2D eigenvalue weighted by atomic mass is 10.0. The maximum Gasteiger partial charge on any atom is 0.433 e. The van der Waals surface area contributed by atoms with Gasteiger partial charge in [-0.1, -0.05) is 18.2 Å². The Morgan fingerprint density at radius 1 is 1.14 bits per heavy atom. The third kappa shape index (κ3) is 5.22. The molecule has 2 heterocycles. The van der Waals surface area contributed by atoms with Crippen molar-refractivity contribution in [3.05, 3.63) is 72.2 Å². The molecule has 0 aliphatic heterocycles. The number of carbonyl (C=O) groups excluding carboxylic acids is 1. The van der Waals surface area contributed by atoms with Crippen molar-refractivity contribution in [1.82, 2.24) is 15.3 Å². The quantitative estimate of drug-likeness (QED) is 0.659. The normalized spacial score (nSPS) is 11.0. The van der Waals surface area contributed by atoms with Crippen molar-refractivity contribution >= 4 is 11.7 Å². The molecule has 150 valence electrons. The highest BCUT2D eigenvalue weighted by atomic mass is 19.4. The van der Waals surface area contributed by atoms with Gasteiger partial charge in [0.2, 0.25) is 0 Å². The first-order valence-electron chi connectivity index (χ1n) is 8.53. The molecule has 0 fully saturated rings. The number of nitrogens with one attached hydrogen (secondary N) is 2. The first-order chi connectivity index (χ1) is 13.9. The number of urea groups is 1. The number of pyridine rings is 2. The van der Waals surface area contributed by atoms with Gasteiger partial charge in [-0.15, -0.1) is 0 Å². The Hall–Kier alpha value is -3.62. The highest BCUT2D eigenvalue weighted by Crippen LogP contribution is 2.32. The summed E-state index contributed by atoms with van der Waals surface area (Å²) in [7, 11) is 1.46. The van der Waals surface area contributed by atoms with E-state index in [2.05, 4.69) is 20.6 Å². The summed E-state index contributed by atoms with van der Waals surface area (Å²) in [5, 5.41) is 5.21. The van der Waals surface area contributed by atoms with Gasteiger partial charge in [0.05, 0.1) is 24.7 Å². The van der Waals surface area contributed by atoms with Crippen LogP contribution in [-0.2, 0) is 12.7 Å². The van der Waals surface area contributed by atoms with Gasteiger partial charge in [-0.3, -0.25) is 4.98 Å². The van der Waals surface area contributed by atoms with Gasteiger partial charge in [0.15, 0.2) is 0 Å². The number of amides is 2. The van der Waals surface area contributed by atoms with E-state index in [1.54, 1.807) is 42.6 Å². The molecule has 0 bridgehead atoms. The van der Waals surface area contributed by atoms with Crippen LogP contribution in [0.25, 0.3) is 11.3 Å². The van der Waals surface area contributed by atoms with Gasteiger partial charge in [-0.2, -0.15) is 13.2 Å². The molecule has 0 aliphatic carbocycles. The average molecular weight is 402 g/mol. The molecule has 0 atom stereocenters. The zero-order valence-corrected chi connectivity index (χ0v) is 15.3. The molecule has 0 saturated heterocycles. The van der Waals surface area contributed by atoms with E-state index in [0.29, 0.717) is 22.6 Å². The van der Waals surface area contributed by atoms with Gasteiger partial charge in [0, 0.05) is 18.3 Å². The van der Waals surface area contributed by atoms with Crippen LogP contribution in [0.2, 0.25) is 0 Å². The summed E-state index contributed by atoms with van der Waals surface area (Å²) in [4.78, 5) is 19.8. The molecule has 2 N–H and O–H groups in total. The predicted octanol–water partition coefficient (Wildman–Crippen LogP) is 4.49. The van der Waals surface area contributed by atoms with Gasteiger partial charge < -0.3 is 15.4 Å². The maximum atomic E-state index is 13.1. The number of aromatic nitrogens is 2. The summed E-state index contributed by atoms with van der Waals surface area (Å²) in [6, 6.07) is 11.5. The van der Waals surface area contributed by atoms with Crippen molar-refractivity contribution in [1.29, 1.82) is 0 Å². The minimum atomic E-state index is -4.59. The van der Waals surface area contributed by atoms with Crippen LogP contribution in [0.15, 0.2) is 60.9 Å². The average Bonchev–Trinajstić information content (AvgIpc) is 2.72. The third-order valence-corrected chi connectivity index (χ3v) is 3.97. The van der Waals surface area contributed by atoms with Gasteiger partial charge in [0.1, 0.15) is 11.4 Å². The van der Waals surface area contributed by atoms with Crippen molar-refractivity contribution in [2.75, 3.05) is 12.4 Å². The highest BCUT2D eigenvalue weighted by molar-refractivity contribution is 5.89. The van der Waals surface area contributed by atoms with Crippen LogP contribution < -0.4 is 15.4 Å². The number of methoxy groups -OCH3 is 1. The van der Waals surface area contributed by atoms with Crippen LogP contribution in [0.4, 0.5) is 23.7 Å². The number of alkyl halides is 3. The highest BCUT2D eigenvalue weighted by Gasteiger charge is 2.33. The topological polar surface area (TPSA) is 76.1 Å². The number of halogens is 3. The minimum Gasteiger partial charge on any atom is -0.497 e. The fraction of sp³-hybridized carbons (Fsp3) is 0.150. The molecule has 0 spiro atoms. The Morgan fingerprint density at radius 3 is 2.66 bits per heavy atom. The van der Waals surface area contributed by atoms with E-state index in [1.165, 1.54) is 19.4 Å². The Labute approximate surface area is 164 Å². The van der Waals surface area contributed by atoms with Crippen LogP contribution in [0.1, 0.15) is 11.3 Å². The van der Waals surface area contributed by atoms with Gasteiger partial charge in [-0.25, -0.2) is 9.78 Å². The largest absolute Gasteiger partial charge is 0.497 e. The van der Waals surface area contributed by atoms with Gasteiger partial charge in [0.25, 0.3) is 0 Å². The third-order valence-electron chi connectivity index (χ3n) is 3.97. The molecule has 3 aromatic rings. The second kappa shape index (κ2) is 8.59. The lowest BCUT2D eigenvalue weighted by Gasteiger charge is -2.14. The summed E-state index contributed by atoms with van der Waals surface area (Å²) in [6.07, 6.45) is -1.55. The van der Waals surface area contributed by atoms with Crippen LogP contribution >= 0.6 is 0 Å². The zero-order chi connectivity index (χ0) is 20.9. The Balaban J connectivity index is 1.86. The SMILES string of the molecule is COc1cccc(-c2nc(C(F)(F)F)ccc2CNC(=O)Nc2cccnc2)c1. The number of anilines is 1. The van der Waals surface area contributed by atoms with Crippen LogP contribution in [-0.4, -0.2) is 23.1 Å². The number of benzene rings is 1. The fourth-order valence-electron chi connectivity index (χ4n) is 2.60. The number of ether oxygens (including phenoxy) is 1. The molecule has 0 radical (unpaired) electrons. The molecule has 3 rings (SSSR count). The van der Waals surface area contributed by atoms with Crippen LogP contribution in [0.3, 0.4) is 0 Å². The van der Waals surface area contributed by atoms with E-state index in [-0.39, 0.29) is 12.2 Å². The first-order valence-corrected chi connectivity index (χ1v) is 8.53. The maximum absolute atomic E-state index is 13.1. The molecular formula is C20H17F3N4O2. The predicted molar refractivity (Wildman–Crippen MR) is 101 cm³/mol. The molecular weight excluding hydrogens is 385 g/mol. The molecule has 6 nitrogen and oxygen atoms in total. The monoisotopic (exact) mass is 402 g/mol. The summed E-state index contributed by atoms with van der Waals surface area (Å²) in [5.41, 5.74) is 0.454. The fourth-order valence-corrected chi connectivity index (χ4v) is 2.60. The Morgan fingerprint density at radius 2 is 1.97 bits per heavy atom. The number of carbonyl (C=O) groups is 1. The van der Waals surface area contributed by atoms with Crippen molar-refractivity contribution in [3.63, 3.8) is 0 Å². The van der Waals surface area contributed by atoms with E-state index in [1.807, 2.05) is 0 Å². The molecule has 2 aromatic heterocycles. The summed E-state index contributed by atoms with van der Waals surface area (Å²) in [5.74, 6) is 0.481. The lowest BCUT2D eigenvalue weighted by molar-refractivity contribution is -0.141. The molecule has 0 saturated carbocycles. The number of rotatable bonds is 5. The van der Waals surface area contributed by atoms with Gasteiger partial charge in [-0.05, 0) is 35.9 Å². The van der Waals surface area contributed by atoms with Crippen LogP contribution in [0, 0.1) is 0 Å². The van der Waals surface area contributed by atoms with Crippen molar-refractivity contribution < 1.29 is 22.7 Å². The second-order valence-electron chi connectivity index (χ2n) is 5.98. The van der Waals surface area contributed by atoms with E-state index < -0.39 is 17.9 Å². The smallest absolute Gasteiger partial charge is 0.433 e. The van der Waals surface area contributed by atoms with Crippen molar-refractivity contribution in [3.8, 4) is 17.0 Å².